The van der Waals surface area contributed by atoms with Gasteiger partial charge in [0.05, 0.1) is 29.4 Å². The van der Waals surface area contributed by atoms with Gasteiger partial charge in [-0.3, -0.25) is 5.10 Å². The first-order valence-electron chi connectivity index (χ1n) is 5.52. The van der Waals surface area contributed by atoms with E-state index in [1.54, 1.807) is 31.5 Å². The maximum absolute atomic E-state index is 6.14. The Morgan fingerprint density at radius 1 is 1.32 bits per heavy atom. The number of hydrogen-bond acceptors (Lipinski definition) is 5. The summed E-state index contributed by atoms with van der Waals surface area (Å²) in [7, 11) is 1.60. The molecular weight excluding hydrogens is 266 g/mol. The molecule has 96 valence electrons. The van der Waals surface area contributed by atoms with Gasteiger partial charge < -0.3 is 10.1 Å². The minimum Gasteiger partial charge on any atom is -0.497 e. The van der Waals surface area contributed by atoms with Crippen LogP contribution in [0.3, 0.4) is 0 Å². The first-order valence-corrected chi connectivity index (χ1v) is 5.90. The summed E-state index contributed by atoms with van der Waals surface area (Å²) in [5.41, 5.74) is 1.37. The van der Waals surface area contributed by atoms with E-state index in [2.05, 4.69) is 25.5 Å². The Morgan fingerprint density at radius 3 is 3.05 bits per heavy atom. The Kier molecular flexibility index (Phi) is 2.92. The van der Waals surface area contributed by atoms with Gasteiger partial charge in [0.25, 0.3) is 0 Å². The molecule has 6 nitrogen and oxygen atoms in total. The molecule has 2 heterocycles. The van der Waals surface area contributed by atoms with E-state index < -0.39 is 0 Å². The van der Waals surface area contributed by atoms with E-state index in [0.717, 1.165) is 5.39 Å². The first-order chi connectivity index (χ1) is 9.28. The number of hydrogen-bond donors (Lipinski definition) is 2. The third-order valence-corrected chi connectivity index (χ3v) is 3.00. The molecule has 0 saturated carbocycles. The number of nitrogens with one attached hydrogen (secondary N) is 2. The molecule has 0 aliphatic rings. The zero-order valence-electron chi connectivity index (χ0n) is 10.0. The third-order valence-electron chi connectivity index (χ3n) is 2.67. The highest BCUT2D eigenvalue weighted by Gasteiger charge is 2.08. The van der Waals surface area contributed by atoms with Crippen LogP contribution in [0.1, 0.15) is 0 Å². The van der Waals surface area contributed by atoms with E-state index in [0.29, 0.717) is 27.9 Å². The number of aromatic amines is 1. The van der Waals surface area contributed by atoms with Gasteiger partial charge in [-0.15, -0.1) is 0 Å². The second-order valence-electron chi connectivity index (χ2n) is 3.83. The van der Waals surface area contributed by atoms with Crippen LogP contribution in [0, 0.1) is 0 Å². The number of rotatable bonds is 3. The predicted octanol–water partition coefficient (Wildman–Crippen LogP) is 2.76. The maximum Gasteiger partial charge on any atom is 0.160 e. The summed E-state index contributed by atoms with van der Waals surface area (Å²) in [5, 5.41) is 11.2. The largest absolute Gasteiger partial charge is 0.497 e. The molecule has 0 saturated heterocycles. The van der Waals surface area contributed by atoms with Crippen LogP contribution < -0.4 is 10.1 Å². The molecule has 3 aromatic rings. The summed E-state index contributed by atoms with van der Waals surface area (Å²) in [6.07, 6.45) is 3.11. The number of H-pyrrole nitrogens is 1. The van der Waals surface area contributed by atoms with Crippen LogP contribution in [0.2, 0.25) is 5.02 Å². The average molecular weight is 276 g/mol. The molecule has 0 atom stereocenters. The minimum absolute atomic E-state index is 0.580. The molecule has 0 amide bonds. The lowest BCUT2D eigenvalue weighted by molar-refractivity contribution is 0.415. The second kappa shape index (κ2) is 4.74. The summed E-state index contributed by atoms with van der Waals surface area (Å²) >= 11 is 6.14. The van der Waals surface area contributed by atoms with Crippen LogP contribution in [0.4, 0.5) is 11.5 Å². The van der Waals surface area contributed by atoms with Crippen LogP contribution in [-0.4, -0.2) is 27.3 Å². The number of halogens is 1. The van der Waals surface area contributed by atoms with Crippen LogP contribution >= 0.6 is 11.6 Å². The topological polar surface area (TPSA) is 75.7 Å². The van der Waals surface area contributed by atoms with Gasteiger partial charge in [-0.05, 0) is 12.1 Å². The van der Waals surface area contributed by atoms with Crippen LogP contribution in [0.25, 0.3) is 11.0 Å². The van der Waals surface area contributed by atoms with E-state index in [9.17, 15) is 0 Å². The molecule has 1 aromatic carbocycles. The predicted molar refractivity (Wildman–Crippen MR) is 73.0 cm³/mol. The second-order valence-corrected chi connectivity index (χ2v) is 4.23. The molecule has 0 bridgehead atoms. The Balaban J connectivity index is 2.03. The van der Waals surface area contributed by atoms with Gasteiger partial charge in [0.1, 0.15) is 17.9 Å². The van der Waals surface area contributed by atoms with Crippen molar-refractivity contribution in [2.24, 2.45) is 0 Å². The van der Waals surface area contributed by atoms with Gasteiger partial charge in [-0.1, -0.05) is 11.6 Å². The fourth-order valence-corrected chi connectivity index (χ4v) is 1.88. The normalized spacial score (nSPS) is 10.6. The van der Waals surface area contributed by atoms with Crippen LogP contribution in [0.15, 0.2) is 30.7 Å². The fourth-order valence-electron chi connectivity index (χ4n) is 1.72. The molecule has 0 radical (unpaired) electrons. The number of anilines is 2. The van der Waals surface area contributed by atoms with Crippen LogP contribution in [-0.2, 0) is 0 Å². The summed E-state index contributed by atoms with van der Waals surface area (Å²) in [4.78, 5) is 8.26. The maximum atomic E-state index is 6.14. The van der Waals surface area contributed by atoms with E-state index in [1.165, 1.54) is 6.33 Å². The summed E-state index contributed by atoms with van der Waals surface area (Å²) in [6, 6.07) is 5.35. The van der Waals surface area contributed by atoms with Crippen molar-refractivity contribution in [3.8, 4) is 5.75 Å². The molecular formula is C12H10ClN5O. The smallest absolute Gasteiger partial charge is 0.160 e. The van der Waals surface area contributed by atoms with Crippen molar-refractivity contribution in [3.63, 3.8) is 0 Å². The molecule has 0 aliphatic heterocycles. The van der Waals surface area contributed by atoms with Crippen molar-refractivity contribution in [2.45, 2.75) is 0 Å². The van der Waals surface area contributed by atoms with Crippen molar-refractivity contribution < 1.29 is 4.74 Å². The lowest BCUT2D eigenvalue weighted by Gasteiger charge is -2.09. The van der Waals surface area contributed by atoms with E-state index in [4.69, 9.17) is 16.3 Å². The molecule has 7 heteroatoms. The minimum atomic E-state index is 0.580. The first kappa shape index (κ1) is 11.7. The van der Waals surface area contributed by atoms with Crippen molar-refractivity contribution in [1.29, 1.82) is 0 Å². The Bertz CT molecular complexity index is 727. The van der Waals surface area contributed by atoms with Gasteiger partial charge in [0.15, 0.2) is 5.65 Å². The van der Waals surface area contributed by atoms with Crippen molar-refractivity contribution >= 4 is 34.1 Å². The molecule has 0 spiro atoms. The lowest BCUT2D eigenvalue weighted by Crippen LogP contribution is -1.96. The zero-order chi connectivity index (χ0) is 13.2. The SMILES string of the molecule is COc1ccc(Cl)c(Nc2ncnc3[nH]ncc23)c1. The standard InChI is InChI=1S/C12H10ClN5O/c1-19-7-2-3-9(13)10(4-7)17-11-8-5-16-18-12(8)15-6-14-11/h2-6H,1H3,(H2,14,15,16,17,18). The number of aromatic nitrogens is 4. The fraction of sp³-hybridized carbons (Fsp3) is 0.0833. The van der Waals surface area contributed by atoms with Crippen molar-refractivity contribution in [1.82, 2.24) is 20.2 Å². The van der Waals surface area contributed by atoms with Gasteiger partial charge in [0.2, 0.25) is 0 Å². The molecule has 2 aromatic heterocycles. The van der Waals surface area contributed by atoms with Crippen LogP contribution in [0.5, 0.6) is 5.75 Å². The van der Waals surface area contributed by atoms with Gasteiger partial charge in [0, 0.05) is 6.07 Å². The molecule has 19 heavy (non-hydrogen) atoms. The summed E-state index contributed by atoms with van der Waals surface area (Å²) in [6.45, 7) is 0. The molecule has 3 rings (SSSR count). The van der Waals surface area contributed by atoms with Crippen molar-refractivity contribution in [2.75, 3.05) is 12.4 Å². The Labute approximate surface area is 113 Å². The van der Waals surface area contributed by atoms with E-state index in [-0.39, 0.29) is 0 Å². The highest BCUT2D eigenvalue weighted by molar-refractivity contribution is 6.33. The Hall–Kier alpha value is -2.34. The van der Waals surface area contributed by atoms with Gasteiger partial charge in [-0.25, -0.2) is 9.97 Å². The number of ether oxygens (including phenoxy) is 1. The highest BCUT2D eigenvalue weighted by atomic mass is 35.5. The van der Waals surface area contributed by atoms with E-state index >= 15 is 0 Å². The van der Waals surface area contributed by atoms with Crippen molar-refractivity contribution in [3.05, 3.63) is 35.7 Å². The number of nitrogens with zero attached hydrogens (tertiary/aromatic N) is 3. The molecule has 2 N–H and O–H groups in total. The number of fused-ring (bicyclic) bond motifs is 1. The summed E-state index contributed by atoms with van der Waals surface area (Å²) < 4.78 is 5.17. The van der Waals surface area contributed by atoms with Gasteiger partial charge >= 0.3 is 0 Å². The quantitative estimate of drug-likeness (QED) is 0.769. The monoisotopic (exact) mass is 275 g/mol. The number of methoxy groups -OCH3 is 1. The average Bonchev–Trinajstić information content (AvgIpc) is 2.90. The zero-order valence-corrected chi connectivity index (χ0v) is 10.8. The highest BCUT2D eigenvalue weighted by Crippen LogP contribution is 2.30. The Morgan fingerprint density at radius 2 is 2.21 bits per heavy atom. The number of benzene rings is 1. The molecule has 0 aliphatic carbocycles. The van der Waals surface area contributed by atoms with Gasteiger partial charge in [-0.2, -0.15) is 5.10 Å². The molecule has 0 unspecified atom stereocenters. The lowest BCUT2D eigenvalue weighted by atomic mass is 10.3. The third kappa shape index (κ3) is 2.17. The van der Waals surface area contributed by atoms with E-state index in [1.807, 2.05) is 0 Å². The molecule has 0 fully saturated rings. The summed E-state index contributed by atoms with van der Waals surface area (Å²) in [5.74, 6) is 1.35.